The van der Waals surface area contributed by atoms with Crippen LogP contribution in [0.4, 0.5) is 9.59 Å². The molecule has 12 heteroatoms. The molecule has 4 atom stereocenters. The second-order valence-corrected chi connectivity index (χ2v) is 7.31. The Hall–Kier alpha value is -2.96. The van der Waals surface area contributed by atoms with E-state index in [1.54, 1.807) is 0 Å². The molecule has 12 nitrogen and oxygen atoms in total. The van der Waals surface area contributed by atoms with Gasteiger partial charge in [-0.3, -0.25) is 14.5 Å². The SMILES string of the molecule is COC(=O)N(C)C1=C(C)C(=O)C2=C(C1=O)C(CO)C1(OC)C3NC3CN21.NC(=O)O. The number of aliphatic hydroxyl groups excluding tert-OH is 1. The molecule has 0 bridgehead atoms. The van der Waals surface area contributed by atoms with Crippen molar-refractivity contribution >= 4 is 23.8 Å². The third kappa shape index (κ3) is 2.79. The number of carbonyl (C=O) groups is 4. The van der Waals surface area contributed by atoms with Crippen molar-refractivity contribution in [1.29, 1.82) is 0 Å². The number of hydrogen-bond acceptors (Lipinski definition) is 9. The Labute approximate surface area is 171 Å². The molecule has 2 amide bonds. The summed E-state index contributed by atoms with van der Waals surface area (Å²) in [5.74, 6) is -1.46. The number of amides is 2. The minimum Gasteiger partial charge on any atom is -0.465 e. The lowest BCUT2D eigenvalue weighted by atomic mass is 9.82. The van der Waals surface area contributed by atoms with Gasteiger partial charge in [-0.2, -0.15) is 0 Å². The second-order valence-electron chi connectivity index (χ2n) is 7.31. The largest absolute Gasteiger partial charge is 0.465 e. The van der Waals surface area contributed by atoms with E-state index in [9.17, 15) is 19.5 Å². The van der Waals surface area contributed by atoms with Gasteiger partial charge in [0.1, 0.15) is 5.70 Å². The molecule has 0 aromatic rings. The van der Waals surface area contributed by atoms with Crippen LogP contribution in [0.15, 0.2) is 22.5 Å². The summed E-state index contributed by atoms with van der Waals surface area (Å²) in [4.78, 5) is 49.9. The zero-order chi connectivity index (χ0) is 22.5. The maximum absolute atomic E-state index is 13.3. The maximum Gasteiger partial charge on any atom is 0.413 e. The number of likely N-dealkylation sites (N-methyl/N-ethyl adjacent to an activating group) is 1. The number of piperazine rings is 1. The molecular formula is C18H24N4O8. The van der Waals surface area contributed by atoms with Gasteiger partial charge in [-0.05, 0) is 6.92 Å². The molecule has 30 heavy (non-hydrogen) atoms. The number of Topliss-reactive ketones (excluding diaryl/α,β-unsaturated/α-hetero) is 2. The number of rotatable bonds is 3. The Morgan fingerprint density at radius 2 is 1.93 bits per heavy atom. The van der Waals surface area contributed by atoms with Crippen molar-refractivity contribution in [3.05, 3.63) is 22.5 Å². The summed E-state index contributed by atoms with van der Waals surface area (Å²) in [5.41, 5.74) is 3.72. The van der Waals surface area contributed by atoms with Crippen LogP contribution in [0, 0.1) is 5.92 Å². The number of nitrogens with two attached hydrogens (primary N) is 1. The lowest BCUT2D eigenvalue weighted by Gasteiger charge is -2.39. The van der Waals surface area contributed by atoms with Crippen molar-refractivity contribution in [2.24, 2.45) is 11.7 Å². The van der Waals surface area contributed by atoms with Crippen LogP contribution in [0.25, 0.3) is 0 Å². The van der Waals surface area contributed by atoms with Gasteiger partial charge in [0.15, 0.2) is 5.72 Å². The van der Waals surface area contributed by atoms with Gasteiger partial charge in [0.25, 0.3) is 0 Å². The van der Waals surface area contributed by atoms with E-state index in [4.69, 9.17) is 14.6 Å². The fourth-order valence-corrected chi connectivity index (χ4v) is 4.76. The minimum absolute atomic E-state index is 0.0215. The number of methoxy groups -OCH3 is 2. The standard InChI is InChI=1S/C17H21N3O6.CH3NO2/c1-7-11(19(2)16(24)25-3)14(23)10-8(6-21)17(26-4)15-9(18-15)5-20(17)12(10)13(7)22;2-1(3)4/h8-9,15,18,21H,5-6H2,1-4H3;2H2,(H,3,4). The first-order chi connectivity index (χ1) is 14.1. The number of ketones is 2. The highest BCUT2D eigenvalue weighted by atomic mass is 16.5. The van der Waals surface area contributed by atoms with Crippen LogP contribution in [0.1, 0.15) is 6.92 Å². The molecule has 4 aliphatic rings. The number of hydrogen-bond donors (Lipinski definition) is 4. The Bertz CT molecular complexity index is 893. The quantitative estimate of drug-likeness (QED) is 0.311. The smallest absolute Gasteiger partial charge is 0.413 e. The number of fused-ring (bicyclic) bond motifs is 4. The molecule has 164 valence electrons. The molecule has 0 radical (unpaired) electrons. The first kappa shape index (κ1) is 21.7. The number of nitrogens with zero attached hydrogens (tertiary/aromatic N) is 2. The van der Waals surface area contributed by atoms with Crippen LogP contribution >= 0.6 is 0 Å². The van der Waals surface area contributed by atoms with Crippen molar-refractivity contribution in [2.45, 2.75) is 24.7 Å². The predicted molar refractivity (Wildman–Crippen MR) is 99.9 cm³/mol. The summed E-state index contributed by atoms with van der Waals surface area (Å²) < 4.78 is 10.5. The molecule has 3 heterocycles. The van der Waals surface area contributed by atoms with Gasteiger partial charge >= 0.3 is 12.2 Å². The van der Waals surface area contributed by atoms with Gasteiger partial charge < -0.3 is 35.6 Å². The van der Waals surface area contributed by atoms with Gasteiger partial charge in [-0.15, -0.1) is 0 Å². The normalized spacial score (nSPS) is 31.0. The van der Waals surface area contributed by atoms with Crippen LogP contribution in [0.5, 0.6) is 0 Å². The molecule has 2 fully saturated rings. The predicted octanol–water partition coefficient (Wildman–Crippen LogP) is -1.39. The number of carboxylic acid groups (broad SMARTS) is 1. The van der Waals surface area contributed by atoms with Gasteiger partial charge in [0.2, 0.25) is 11.6 Å². The van der Waals surface area contributed by atoms with E-state index in [1.165, 1.54) is 28.2 Å². The molecule has 4 unspecified atom stereocenters. The van der Waals surface area contributed by atoms with Crippen molar-refractivity contribution < 1.29 is 38.9 Å². The first-order valence-electron chi connectivity index (χ1n) is 9.12. The molecule has 0 spiro atoms. The van der Waals surface area contributed by atoms with Crippen molar-refractivity contribution in [3.63, 3.8) is 0 Å². The molecule has 1 aliphatic carbocycles. The molecule has 3 aliphatic heterocycles. The lowest BCUT2D eigenvalue weighted by molar-refractivity contribution is -0.137. The maximum atomic E-state index is 13.3. The number of allylic oxidation sites excluding steroid dienone is 2. The van der Waals surface area contributed by atoms with E-state index in [-0.39, 0.29) is 47.0 Å². The fourth-order valence-electron chi connectivity index (χ4n) is 4.76. The van der Waals surface area contributed by atoms with Crippen LogP contribution in [-0.2, 0) is 19.1 Å². The fraction of sp³-hybridized carbons (Fsp3) is 0.556. The van der Waals surface area contributed by atoms with E-state index >= 15 is 0 Å². The number of carbonyl (C=O) groups excluding carboxylic acids is 3. The number of nitrogens with one attached hydrogen (secondary N) is 1. The van der Waals surface area contributed by atoms with Crippen LogP contribution < -0.4 is 11.1 Å². The molecule has 5 N–H and O–H groups in total. The molecule has 4 rings (SSSR count). The Kier molecular flexibility index (Phi) is 5.35. The number of aliphatic hydroxyl groups is 1. The Morgan fingerprint density at radius 3 is 2.43 bits per heavy atom. The van der Waals surface area contributed by atoms with E-state index < -0.39 is 29.6 Å². The van der Waals surface area contributed by atoms with Crippen LogP contribution in [-0.4, -0.2) is 96.0 Å². The topological polar surface area (TPSA) is 182 Å². The summed E-state index contributed by atoms with van der Waals surface area (Å²) >= 11 is 0. The summed E-state index contributed by atoms with van der Waals surface area (Å²) in [6.45, 7) is 1.71. The molecule has 0 aromatic carbocycles. The number of ether oxygens (including phenoxy) is 2. The third-order valence-electron chi connectivity index (χ3n) is 5.97. The molecular weight excluding hydrogens is 400 g/mol. The first-order valence-corrected chi connectivity index (χ1v) is 9.12. The van der Waals surface area contributed by atoms with E-state index in [0.29, 0.717) is 6.54 Å². The zero-order valence-corrected chi connectivity index (χ0v) is 17.0. The highest BCUT2D eigenvalue weighted by Crippen LogP contribution is 2.55. The van der Waals surface area contributed by atoms with Crippen molar-refractivity contribution in [1.82, 2.24) is 15.1 Å². The van der Waals surface area contributed by atoms with E-state index in [1.807, 2.05) is 4.90 Å². The minimum atomic E-state index is -1.33. The third-order valence-corrected chi connectivity index (χ3v) is 5.97. The summed E-state index contributed by atoms with van der Waals surface area (Å²) in [6.07, 6.45) is -2.08. The van der Waals surface area contributed by atoms with Gasteiger partial charge in [-0.1, -0.05) is 0 Å². The monoisotopic (exact) mass is 424 g/mol. The zero-order valence-electron chi connectivity index (χ0n) is 17.0. The Morgan fingerprint density at radius 1 is 1.33 bits per heavy atom. The second kappa shape index (κ2) is 7.38. The average molecular weight is 424 g/mol. The summed E-state index contributed by atoms with van der Waals surface area (Å²) in [7, 11) is 4.11. The van der Waals surface area contributed by atoms with Gasteiger partial charge in [-0.25, -0.2) is 9.59 Å². The van der Waals surface area contributed by atoms with E-state index in [0.717, 1.165) is 4.90 Å². The van der Waals surface area contributed by atoms with Crippen LogP contribution in [0.2, 0.25) is 0 Å². The molecule has 2 saturated heterocycles. The van der Waals surface area contributed by atoms with Crippen LogP contribution in [0.3, 0.4) is 0 Å². The lowest BCUT2D eigenvalue weighted by Crippen LogP contribution is -2.54. The Balaban J connectivity index is 0.000000589. The van der Waals surface area contributed by atoms with Gasteiger partial charge in [0.05, 0.1) is 31.4 Å². The van der Waals surface area contributed by atoms with Crippen molar-refractivity contribution in [3.8, 4) is 0 Å². The average Bonchev–Trinajstić information content (AvgIpc) is 3.30. The molecule has 0 aromatic heterocycles. The van der Waals surface area contributed by atoms with Crippen molar-refractivity contribution in [2.75, 3.05) is 34.4 Å². The van der Waals surface area contributed by atoms with Gasteiger partial charge in [0, 0.05) is 37.9 Å². The molecule has 0 saturated carbocycles. The number of primary amides is 1. The highest BCUT2D eigenvalue weighted by molar-refractivity contribution is 6.26. The summed E-state index contributed by atoms with van der Waals surface area (Å²) in [6, 6.07) is 0.113. The summed E-state index contributed by atoms with van der Waals surface area (Å²) in [5, 5.41) is 20.6. The highest BCUT2D eigenvalue weighted by Gasteiger charge is 2.72. The van der Waals surface area contributed by atoms with E-state index in [2.05, 4.69) is 15.8 Å².